The maximum absolute atomic E-state index is 12.9. The van der Waals surface area contributed by atoms with Gasteiger partial charge in [0, 0.05) is 19.3 Å². The fourth-order valence-electron chi connectivity index (χ4n) is 8.16. The van der Waals surface area contributed by atoms with E-state index in [1.54, 1.807) is 0 Å². The summed E-state index contributed by atoms with van der Waals surface area (Å²) in [5.41, 5.74) is 0. The van der Waals surface area contributed by atoms with Gasteiger partial charge in [-0.3, -0.25) is 14.4 Å². The largest absolute Gasteiger partial charge is 0.462 e. The normalized spacial score (nSPS) is 12.7. The second-order valence-electron chi connectivity index (χ2n) is 19.5. The Kier molecular flexibility index (Phi) is 55.3. The van der Waals surface area contributed by atoms with Gasteiger partial charge in [0.2, 0.25) is 0 Å². The van der Waals surface area contributed by atoms with Gasteiger partial charge in [-0.15, -0.1) is 0 Å². The van der Waals surface area contributed by atoms with E-state index < -0.39 is 6.10 Å². The molecule has 0 aromatic carbocycles. The van der Waals surface area contributed by atoms with E-state index in [2.05, 4.69) is 106 Å². The molecule has 0 bridgehead atoms. The van der Waals surface area contributed by atoms with Gasteiger partial charge in [-0.25, -0.2) is 0 Å². The maximum Gasteiger partial charge on any atom is 0.306 e. The summed E-state index contributed by atoms with van der Waals surface area (Å²) in [5, 5.41) is 0. The van der Waals surface area contributed by atoms with Gasteiger partial charge in [-0.2, -0.15) is 0 Å². The van der Waals surface area contributed by atoms with Crippen LogP contribution in [0.4, 0.5) is 0 Å². The average molecular weight is 976 g/mol. The molecular formula is C64H110O6. The fourth-order valence-corrected chi connectivity index (χ4v) is 8.16. The standard InChI is InChI=1S/C64H110O6/c1-4-7-10-13-16-19-22-25-28-31-32-34-36-39-42-45-48-51-54-57-63(66)69-60-61(59-68-62(65)56-53-50-47-44-41-38-35-30-27-24-21-18-15-12-9-6-3)70-64(67)58-55-52-49-46-43-40-37-33-29-26-23-20-17-14-11-8-5-2/h8,11,16-17,19-20,25-26,28-30,32,34-35,61H,4-7,9-10,12-15,18,21-24,27,31,33,36-60H2,1-3H3/b11-8-,19-16-,20-17-,28-25-,29-26-,34-32-,35-30-. The lowest BCUT2D eigenvalue weighted by Crippen LogP contribution is -2.30. The van der Waals surface area contributed by atoms with Gasteiger partial charge in [-0.05, 0) is 116 Å². The van der Waals surface area contributed by atoms with Crippen molar-refractivity contribution >= 4 is 17.9 Å². The highest BCUT2D eigenvalue weighted by Crippen LogP contribution is 2.15. The van der Waals surface area contributed by atoms with Crippen molar-refractivity contribution in [3.63, 3.8) is 0 Å². The molecule has 0 heterocycles. The van der Waals surface area contributed by atoms with E-state index in [1.165, 1.54) is 135 Å². The number of allylic oxidation sites excluding steroid dienone is 14. The molecule has 0 aliphatic carbocycles. The predicted octanol–water partition coefficient (Wildman–Crippen LogP) is 19.9. The Balaban J connectivity index is 4.43. The van der Waals surface area contributed by atoms with Crippen LogP contribution in [0.5, 0.6) is 0 Å². The third-order valence-electron chi connectivity index (χ3n) is 12.6. The summed E-state index contributed by atoms with van der Waals surface area (Å²) in [7, 11) is 0. The first kappa shape index (κ1) is 66.6. The Morgan fingerprint density at radius 1 is 0.300 bits per heavy atom. The Bertz CT molecular complexity index is 1350. The molecule has 0 amide bonds. The first-order valence-corrected chi connectivity index (χ1v) is 29.6. The fraction of sp³-hybridized carbons (Fsp3) is 0.734. The number of hydrogen-bond acceptors (Lipinski definition) is 6. The molecule has 0 N–H and O–H groups in total. The van der Waals surface area contributed by atoms with Crippen molar-refractivity contribution in [1.82, 2.24) is 0 Å². The summed E-state index contributed by atoms with van der Waals surface area (Å²) in [4.78, 5) is 38.2. The predicted molar refractivity (Wildman–Crippen MR) is 302 cm³/mol. The second kappa shape index (κ2) is 58.2. The van der Waals surface area contributed by atoms with E-state index in [4.69, 9.17) is 14.2 Å². The molecule has 6 nitrogen and oxygen atoms in total. The highest BCUT2D eigenvalue weighted by Gasteiger charge is 2.19. The molecule has 0 aromatic rings. The van der Waals surface area contributed by atoms with Crippen molar-refractivity contribution < 1.29 is 28.6 Å². The van der Waals surface area contributed by atoms with Crippen LogP contribution in [-0.4, -0.2) is 37.2 Å². The van der Waals surface area contributed by atoms with Crippen LogP contribution in [0.15, 0.2) is 85.1 Å². The van der Waals surface area contributed by atoms with Crippen molar-refractivity contribution in [2.24, 2.45) is 0 Å². The van der Waals surface area contributed by atoms with Crippen LogP contribution < -0.4 is 0 Å². The van der Waals surface area contributed by atoms with Crippen LogP contribution in [0.2, 0.25) is 0 Å². The number of carbonyl (C=O) groups excluding carboxylic acids is 3. The van der Waals surface area contributed by atoms with Crippen molar-refractivity contribution in [2.45, 2.75) is 290 Å². The molecule has 0 aliphatic rings. The van der Waals surface area contributed by atoms with Gasteiger partial charge in [0.1, 0.15) is 13.2 Å². The van der Waals surface area contributed by atoms with Crippen molar-refractivity contribution in [3.05, 3.63) is 85.1 Å². The second-order valence-corrected chi connectivity index (χ2v) is 19.5. The maximum atomic E-state index is 12.9. The molecular weight excluding hydrogens is 865 g/mol. The monoisotopic (exact) mass is 975 g/mol. The van der Waals surface area contributed by atoms with E-state index in [9.17, 15) is 14.4 Å². The van der Waals surface area contributed by atoms with Gasteiger partial charge < -0.3 is 14.2 Å². The minimum atomic E-state index is -0.792. The topological polar surface area (TPSA) is 78.9 Å². The molecule has 0 rings (SSSR count). The summed E-state index contributed by atoms with van der Waals surface area (Å²) in [6, 6.07) is 0. The van der Waals surface area contributed by atoms with Crippen LogP contribution in [0.3, 0.4) is 0 Å². The smallest absolute Gasteiger partial charge is 0.306 e. The molecule has 1 atom stereocenters. The third-order valence-corrected chi connectivity index (χ3v) is 12.6. The van der Waals surface area contributed by atoms with Crippen LogP contribution in [0.25, 0.3) is 0 Å². The SMILES string of the molecule is CC/C=C\C/C=C\C/C=C\CCCCCCCCCC(=O)OC(COC(=O)CCCCCCC/C=C\CCCCCCCCC)COC(=O)CCCCCCCC/C=C\C/C=C\C/C=C\CCCCC. The zero-order valence-corrected chi connectivity index (χ0v) is 46.0. The highest BCUT2D eigenvalue weighted by molar-refractivity contribution is 5.71. The van der Waals surface area contributed by atoms with Crippen LogP contribution >= 0.6 is 0 Å². The van der Waals surface area contributed by atoms with Crippen LogP contribution in [0.1, 0.15) is 284 Å². The molecule has 402 valence electrons. The Hall–Kier alpha value is -3.41. The lowest BCUT2D eigenvalue weighted by molar-refractivity contribution is -0.167. The molecule has 0 aliphatic heterocycles. The molecule has 1 unspecified atom stereocenters. The highest BCUT2D eigenvalue weighted by atomic mass is 16.6. The van der Waals surface area contributed by atoms with E-state index in [0.29, 0.717) is 19.3 Å². The van der Waals surface area contributed by atoms with Gasteiger partial charge in [0.05, 0.1) is 0 Å². The van der Waals surface area contributed by atoms with Gasteiger partial charge in [0.15, 0.2) is 6.10 Å². The number of hydrogen-bond donors (Lipinski definition) is 0. The Morgan fingerprint density at radius 3 is 0.914 bits per heavy atom. The van der Waals surface area contributed by atoms with Gasteiger partial charge in [-0.1, -0.05) is 234 Å². The number of ether oxygens (including phenoxy) is 3. The Morgan fingerprint density at radius 2 is 0.557 bits per heavy atom. The molecule has 70 heavy (non-hydrogen) atoms. The minimum absolute atomic E-state index is 0.0890. The summed E-state index contributed by atoms with van der Waals surface area (Å²) in [6.45, 7) is 6.49. The first-order valence-electron chi connectivity index (χ1n) is 29.6. The average Bonchev–Trinajstić information content (AvgIpc) is 3.36. The van der Waals surface area contributed by atoms with Crippen molar-refractivity contribution in [3.8, 4) is 0 Å². The van der Waals surface area contributed by atoms with Crippen LogP contribution in [-0.2, 0) is 28.6 Å². The summed E-state index contributed by atoms with van der Waals surface area (Å²) in [5.74, 6) is -0.912. The van der Waals surface area contributed by atoms with Crippen LogP contribution in [0, 0.1) is 0 Å². The lowest BCUT2D eigenvalue weighted by Gasteiger charge is -2.18. The van der Waals surface area contributed by atoms with Gasteiger partial charge in [0.25, 0.3) is 0 Å². The number of rotatable bonds is 53. The third kappa shape index (κ3) is 55.5. The lowest BCUT2D eigenvalue weighted by atomic mass is 10.1. The van der Waals surface area contributed by atoms with Crippen molar-refractivity contribution in [1.29, 1.82) is 0 Å². The molecule has 0 fully saturated rings. The quantitative estimate of drug-likeness (QED) is 0.0261. The number of esters is 3. The molecule has 0 saturated heterocycles. The molecule has 0 spiro atoms. The number of carbonyl (C=O) groups is 3. The Labute approximate surface area is 433 Å². The number of unbranched alkanes of at least 4 members (excludes halogenated alkanes) is 28. The molecule has 0 saturated carbocycles. The molecule has 6 heteroatoms. The van der Waals surface area contributed by atoms with Crippen molar-refractivity contribution in [2.75, 3.05) is 13.2 Å². The molecule has 0 radical (unpaired) electrons. The summed E-state index contributed by atoms with van der Waals surface area (Å²) < 4.78 is 16.9. The first-order chi connectivity index (χ1) is 34.5. The van der Waals surface area contributed by atoms with E-state index in [-0.39, 0.29) is 31.1 Å². The summed E-state index contributed by atoms with van der Waals surface area (Å²) in [6.07, 6.45) is 75.7. The minimum Gasteiger partial charge on any atom is -0.462 e. The summed E-state index contributed by atoms with van der Waals surface area (Å²) >= 11 is 0. The zero-order chi connectivity index (χ0) is 50.7. The van der Waals surface area contributed by atoms with E-state index in [0.717, 1.165) is 109 Å². The van der Waals surface area contributed by atoms with E-state index in [1.807, 2.05) is 0 Å². The van der Waals surface area contributed by atoms with E-state index >= 15 is 0 Å². The van der Waals surface area contributed by atoms with Gasteiger partial charge >= 0.3 is 17.9 Å². The zero-order valence-electron chi connectivity index (χ0n) is 46.0. The molecule has 0 aromatic heterocycles.